The summed E-state index contributed by atoms with van der Waals surface area (Å²) in [7, 11) is 0. The summed E-state index contributed by atoms with van der Waals surface area (Å²) in [6, 6.07) is 0. The average Bonchev–Trinajstić information content (AvgIpc) is 2.53. The molecule has 21 heavy (non-hydrogen) atoms. The van der Waals surface area contributed by atoms with Crippen LogP contribution in [0.4, 0.5) is 0 Å². The van der Waals surface area contributed by atoms with Crippen LogP contribution in [0.25, 0.3) is 0 Å². The summed E-state index contributed by atoms with van der Waals surface area (Å²) in [5.74, 6) is 0.656. The van der Waals surface area contributed by atoms with Crippen LogP contribution >= 0.6 is 0 Å². The van der Waals surface area contributed by atoms with E-state index in [-0.39, 0.29) is 5.92 Å². The molecule has 1 heterocycles. The molecule has 1 amide bonds. The number of ether oxygens (including phenoxy) is 1. The lowest BCUT2D eigenvalue weighted by Gasteiger charge is -2.30. The van der Waals surface area contributed by atoms with Gasteiger partial charge in [-0.2, -0.15) is 0 Å². The maximum Gasteiger partial charge on any atom is 0.225 e. The Morgan fingerprint density at radius 3 is 1.90 bits per heavy atom. The second-order valence-corrected chi connectivity index (χ2v) is 6.33. The first kappa shape index (κ1) is 18.5. The maximum absolute atomic E-state index is 12.7. The van der Waals surface area contributed by atoms with Gasteiger partial charge in [0.2, 0.25) is 5.91 Å². The van der Waals surface area contributed by atoms with Crippen LogP contribution in [0.5, 0.6) is 0 Å². The number of unbranched alkanes of at least 4 members (excludes halogenated alkanes) is 6. The summed E-state index contributed by atoms with van der Waals surface area (Å²) in [5, 5.41) is 0. The average molecular weight is 297 g/mol. The van der Waals surface area contributed by atoms with Gasteiger partial charge in [0, 0.05) is 19.0 Å². The number of carbonyl (C=O) groups excluding carboxylic acids is 1. The van der Waals surface area contributed by atoms with E-state index in [9.17, 15) is 4.79 Å². The van der Waals surface area contributed by atoms with Gasteiger partial charge in [-0.05, 0) is 12.8 Å². The molecule has 0 spiro atoms. The van der Waals surface area contributed by atoms with E-state index < -0.39 is 0 Å². The van der Waals surface area contributed by atoms with E-state index >= 15 is 0 Å². The first-order valence-electron chi connectivity index (χ1n) is 9.16. The van der Waals surface area contributed by atoms with Crippen molar-refractivity contribution in [3.63, 3.8) is 0 Å². The van der Waals surface area contributed by atoms with E-state index in [1.54, 1.807) is 0 Å². The van der Waals surface area contributed by atoms with Crippen molar-refractivity contribution >= 4 is 5.91 Å². The SMILES string of the molecule is CCCCCCC(CCCCCC)C(=O)N1CCOCC1. The van der Waals surface area contributed by atoms with Gasteiger partial charge in [-0.3, -0.25) is 4.79 Å². The Balaban J connectivity index is 2.38. The standard InChI is InChI=1S/C18H35NO2/c1-3-5-7-9-11-17(12-10-8-6-4-2)18(20)19-13-15-21-16-14-19/h17H,3-16H2,1-2H3. The molecule has 0 bridgehead atoms. The van der Waals surface area contributed by atoms with Gasteiger partial charge in [-0.15, -0.1) is 0 Å². The normalized spacial score (nSPS) is 15.7. The fourth-order valence-corrected chi connectivity index (χ4v) is 3.07. The summed E-state index contributed by atoms with van der Waals surface area (Å²) in [4.78, 5) is 14.7. The quantitative estimate of drug-likeness (QED) is 0.529. The van der Waals surface area contributed by atoms with E-state index in [2.05, 4.69) is 13.8 Å². The minimum atomic E-state index is 0.261. The Kier molecular flexibility index (Phi) is 10.6. The fraction of sp³-hybridized carbons (Fsp3) is 0.944. The van der Waals surface area contributed by atoms with E-state index in [4.69, 9.17) is 4.74 Å². The zero-order chi connectivity index (χ0) is 15.3. The molecule has 0 radical (unpaired) electrons. The van der Waals surface area contributed by atoms with Gasteiger partial charge in [0.15, 0.2) is 0 Å². The number of rotatable bonds is 11. The molecule has 0 aromatic carbocycles. The second-order valence-electron chi connectivity index (χ2n) is 6.33. The Bertz CT molecular complexity index is 250. The van der Waals surface area contributed by atoms with Crippen LogP contribution in [-0.2, 0) is 9.53 Å². The third-order valence-electron chi connectivity index (χ3n) is 4.48. The van der Waals surface area contributed by atoms with Gasteiger partial charge in [0.25, 0.3) is 0 Å². The fourth-order valence-electron chi connectivity index (χ4n) is 3.07. The molecule has 0 aromatic rings. The predicted octanol–water partition coefficient (Wildman–Crippen LogP) is 4.40. The topological polar surface area (TPSA) is 29.5 Å². The number of morpholine rings is 1. The lowest BCUT2D eigenvalue weighted by Crippen LogP contribution is -2.43. The highest BCUT2D eigenvalue weighted by atomic mass is 16.5. The highest BCUT2D eigenvalue weighted by Crippen LogP contribution is 2.21. The zero-order valence-corrected chi connectivity index (χ0v) is 14.2. The van der Waals surface area contributed by atoms with Crippen LogP contribution in [0.1, 0.15) is 78.1 Å². The van der Waals surface area contributed by atoms with Gasteiger partial charge >= 0.3 is 0 Å². The van der Waals surface area contributed by atoms with Crippen molar-refractivity contribution in [1.29, 1.82) is 0 Å². The molecule has 1 aliphatic heterocycles. The second kappa shape index (κ2) is 12.0. The Morgan fingerprint density at radius 2 is 1.43 bits per heavy atom. The molecule has 0 atom stereocenters. The van der Waals surface area contributed by atoms with E-state index in [0.717, 1.165) is 25.9 Å². The predicted molar refractivity (Wildman–Crippen MR) is 88.4 cm³/mol. The van der Waals surface area contributed by atoms with Crippen molar-refractivity contribution in [2.24, 2.45) is 5.92 Å². The number of hydrogen-bond acceptors (Lipinski definition) is 2. The van der Waals surface area contributed by atoms with Gasteiger partial charge < -0.3 is 9.64 Å². The molecule has 0 aromatic heterocycles. The first-order chi connectivity index (χ1) is 10.3. The summed E-state index contributed by atoms with van der Waals surface area (Å²) in [6.07, 6.45) is 12.3. The lowest BCUT2D eigenvalue weighted by molar-refractivity contribution is -0.140. The van der Waals surface area contributed by atoms with Crippen molar-refractivity contribution in [1.82, 2.24) is 4.90 Å². The molecule has 1 rings (SSSR count). The molecule has 0 aliphatic carbocycles. The molecular formula is C18H35NO2. The maximum atomic E-state index is 12.7. The van der Waals surface area contributed by atoms with Crippen molar-refractivity contribution in [2.75, 3.05) is 26.3 Å². The van der Waals surface area contributed by atoms with Crippen LogP contribution in [0, 0.1) is 5.92 Å². The van der Waals surface area contributed by atoms with Crippen LogP contribution in [0.2, 0.25) is 0 Å². The Labute approximate surface area is 131 Å². The number of nitrogens with zero attached hydrogens (tertiary/aromatic N) is 1. The first-order valence-corrected chi connectivity index (χ1v) is 9.16. The molecule has 1 aliphatic rings. The summed E-state index contributed by atoms with van der Waals surface area (Å²) in [6.45, 7) is 7.48. The number of amides is 1. The largest absolute Gasteiger partial charge is 0.378 e. The van der Waals surface area contributed by atoms with Crippen molar-refractivity contribution in [2.45, 2.75) is 78.1 Å². The minimum Gasteiger partial charge on any atom is -0.378 e. The van der Waals surface area contributed by atoms with Gasteiger partial charge in [-0.25, -0.2) is 0 Å². The number of carbonyl (C=O) groups is 1. The molecule has 0 N–H and O–H groups in total. The van der Waals surface area contributed by atoms with Crippen molar-refractivity contribution < 1.29 is 9.53 Å². The highest BCUT2D eigenvalue weighted by molar-refractivity contribution is 5.78. The van der Waals surface area contributed by atoms with Crippen molar-refractivity contribution in [3.05, 3.63) is 0 Å². The monoisotopic (exact) mass is 297 g/mol. The third-order valence-corrected chi connectivity index (χ3v) is 4.48. The van der Waals surface area contributed by atoms with Crippen molar-refractivity contribution in [3.8, 4) is 0 Å². The molecule has 0 saturated carbocycles. The molecular weight excluding hydrogens is 262 g/mol. The molecule has 3 heteroatoms. The molecule has 0 unspecified atom stereocenters. The van der Waals surface area contributed by atoms with Crippen LogP contribution in [-0.4, -0.2) is 37.1 Å². The zero-order valence-electron chi connectivity index (χ0n) is 14.2. The summed E-state index contributed by atoms with van der Waals surface area (Å²) < 4.78 is 5.36. The minimum absolute atomic E-state index is 0.261. The Hall–Kier alpha value is -0.570. The molecule has 1 fully saturated rings. The number of hydrogen-bond donors (Lipinski definition) is 0. The Morgan fingerprint density at radius 1 is 0.905 bits per heavy atom. The van der Waals surface area contributed by atoms with E-state index in [1.165, 1.54) is 51.4 Å². The molecule has 3 nitrogen and oxygen atoms in total. The molecule has 1 saturated heterocycles. The molecule has 124 valence electrons. The lowest BCUT2D eigenvalue weighted by atomic mass is 9.93. The van der Waals surface area contributed by atoms with Gasteiger partial charge in [0.1, 0.15) is 0 Å². The smallest absolute Gasteiger partial charge is 0.225 e. The van der Waals surface area contributed by atoms with Crippen LogP contribution < -0.4 is 0 Å². The van der Waals surface area contributed by atoms with Gasteiger partial charge in [-0.1, -0.05) is 65.2 Å². The highest BCUT2D eigenvalue weighted by Gasteiger charge is 2.24. The van der Waals surface area contributed by atoms with E-state index in [0.29, 0.717) is 19.1 Å². The third kappa shape index (κ3) is 7.85. The van der Waals surface area contributed by atoms with Crippen LogP contribution in [0.15, 0.2) is 0 Å². The summed E-state index contributed by atoms with van der Waals surface area (Å²) in [5.41, 5.74) is 0. The van der Waals surface area contributed by atoms with Crippen LogP contribution in [0.3, 0.4) is 0 Å². The van der Waals surface area contributed by atoms with E-state index in [1.807, 2.05) is 4.90 Å². The van der Waals surface area contributed by atoms with Gasteiger partial charge in [0.05, 0.1) is 13.2 Å². The summed E-state index contributed by atoms with van der Waals surface area (Å²) >= 11 is 0.